The van der Waals surface area contributed by atoms with Crippen LogP contribution in [0.4, 0.5) is 13.2 Å². The van der Waals surface area contributed by atoms with Crippen LogP contribution in [-0.2, 0) is 0 Å². The summed E-state index contributed by atoms with van der Waals surface area (Å²) >= 11 is 0. The summed E-state index contributed by atoms with van der Waals surface area (Å²) in [5.41, 5.74) is 0. The van der Waals surface area contributed by atoms with Gasteiger partial charge in [-0.05, 0) is 6.92 Å². The van der Waals surface area contributed by atoms with Crippen molar-refractivity contribution < 1.29 is 13.2 Å². The van der Waals surface area contributed by atoms with E-state index in [9.17, 15) is 13.2 Å². The fourth-order valence-electron chi connectivity index (χ4n) is 0.459. The number of hydrogen-bond acceptors (Lipinski definition) is 0. The topological polar surface area (TPSA) is 0 Å². The van der Waals surface area contributed by atoms with E-state index in [2.05, 4.69) is 0 Å². The fourth-order valence-corrected chi connectivity index (χ4v) is 0.459. The molecule has 0 rings (SSSR count). The molecule has 9 heavy (non-hydrogen) atoms. The first-order valence-electron chi connectivity index (χ1n) is 2.91. The third-order valence-electron chi connectivity index (χ3n) is 1.30. The van der Waals surface area contributed by atoms with Crippen molar-refractivity contribution in [1.82, 2.24) is 0 Å². The molecule has 1 atom stereocenters. The molecule has 0 aromatic carbocycles. The summed E-state index contributed by atoms with van der Waals surface area (Å²) in [5, 5.41) is 0. The third kappa shape index (κ3) is 1.88. The third-order valence-corrected chi connectivity index (χ3v) is 1.30. The first-order valence-corrected chi connectivity index (χ1v) is 2.91. The molecule has 0 aromatic heterocycles. The van der Waals surface area contributed by atoms with Gasteiger partial charge in [0.15, 0.2) is 6.17 Å². The van der Waals surface area contributed by atoms with Gasteiger partial charge >= 0.3 is 0 Å². The summed E-state index contributed by atoms with van der Waals surface area (Å²) in [5.74, 6) is -4.09. The summed E-state index contributed by atoms with van der Waals surface area (Å²) in [6.07, 6.45) is -2.04. The van der Waals surface area contributed by atoms with Crippen LogP contribution in [0.15, 0.2) is 0 Å². The molecule has 0 aromatic rings. The van der Waals surface area contributed by atoms with Crippen molar-refractivity contribution in [1.29, 1.82) is 0 Å². The Morgan fingerprint density at radius 2 is 1.44 bits per heavy atom. The lowest BCUT2D eigenvalue weighted by molar-refractivity contribution is -0.101. The Hall–Kier alpha value is -0.210. The minimum atomic E-state index is -3.17. The number of rotatable bonds is 2. The quantitative estimate of drug-likeness (QED) is 0.553. The first-order chi connectivity index (χ1) is 3.89. The molecule has 0 aliphatic rings. The molecule has 0 aliphatic carbocycles. The molecule has 0 aliphatic heterocycles. The predicted octanol–water partition coefficient (Wildman–Crippen LogP) is 2.64. The Morgan fingerprint density at radius 1 is 1.11 bits per heavy atom. The molecular weight excluding hydrogens is 129 g/mol. The van der Waals surface area contributed by atoms with Crippen LogP contribution in [-0.4, -0.2) is 12.1 Å². The van der Waals surface area contributed by atoms with Gasteiger partial charge in [0.05, 0.1) is 0 Å². The van der Waals surface area contributed by atoms with E-state index in [-0.39, 0.29) is 0 Å². The second kappa shape index (κ2) is 2.58. The average molecular weight is 140 g/mol. The Labute approximate surface area is 53.1 Å². The van der Waals surface area contributed by atoms with Gasteiger partial charge in [-0.3, -0.25) is 0 Å². The molecule has 0 nitrogen and oxygen atoms in total. The van der Waals surface area contributed by atoms with Gasteiger partial charge in [0, 0.05) is 5.92 Å². The fraction of sp³-hybridized carbons (Fsp3) is 1.00. The highest BCUT2D eigenvalue weighted by Crippen LogP contribution is 2.29. The molecule has 0 spiro atoms. The smallest absolute Gasteiger partial charge is 0.241 e. The molecule has 56 valence electrons. The lowest BCUT2D eigenvalue weighted by Crippen LogP contribution is -2.33. The highest BCUT2D eigenvalue weighted by atomic mass is 19.3. The van der Waals surface area contributed by atoms with Gasteiger partial charge in [-0.2, -0.15) is 0 Å². The van der Waals surface area contributed by atoms with E-state index < -0.39 is 18.0 Å². The van der Waals surface area contributed by atoms with E-state index in [0.717, 1.165) is 6.92 Å². The normalized spacial score (nSPS) is 16.3. The van der Waals surface area contributed by atoms with Crippen molar-refractivity contribution in [2.75, 3.05) is 0 Å². The summed E-state index contributed by atoms with van der Waals surface area (Å²) < 4.78 is 36.6. The van der Waals surface area contributed by atoms with Gasteiger partial charge in [-0.1, -0.05) is 13.8 Å². The molecule has 0 radical (unpaired) electrons. The molecule has 0 saturated heterocycles. The van der Waals surface area contributed by atoms with Crippen LogP contribution in [0.1, 0.15) is 20.8 Å². The zero-order chi connectivity index (χ0) is 7.65. The van der Waals surface area contributed by atoms with Crippen LogP contribution in [0.3, 0.4) is 0 Å². The minimum Gasteiger partial charge on any atom is -0.241 e. The van der Waals surface area contributed by atoms with Crippen molar-refractivity contribution >= 4 is 0 Å². The molecule has 1 unspecified atom stereocenters. The average Bonchev–Trinajstić information content (AvgIpc) is 1.65. The molecule has 0 saturated carbocycles. The number of alkyl halides is 3. The summed E-state index contributed by atoms with van der Waals surface area (Å²) in [4.78, 5) is 0. The Bertz CT molecular complexity index is 76.3. The van der Waals surface area contributed by atoms with E-state index in [1.54, 1.807) is 0 Å². The van der Waals surface area contributed by atoms with E-state index in [1.807, 2.05) is 0 Å². The van der Waals surface area contributed by atoms with Crippen molar-refractivity contribution in [2.45, 2.75) is 32.9 Å². The highest BCUT2D eigenvalue weighted by Gasteiger charge is 2.39. The Morgan fingerprint density at radius 3 is 1.44 bits per heavy atom. The number of hydrogen-bond donors (Lipinski definition) is 0. The molecule has 0 fully saturated rings. The van der Waals surface area contributed by atoms with Gasteiger partial charge in [-0.15, -0.1) is 0 Å². The molecule has 3 heteroatoms. The van der Waals surface area contributed by atoms with Crippen molar-refractivity contribution in [2.24, 2.45) is 5.92 Å². The predicted molar refractivity (Wildman–Crippen MR) is 30.4 cm³/mol. The van der Waals surface area contributed by atoms with Gasteiger partial charge in [0.2, 0.25) is 0 Å². The second-order valence-electron chi connectivity index (χ2n) is 2.45. The van der Waals surface area contributed by atoms with Crippen molar-refractivity contribution in [3.63, 3.8) is 0 Å². The van der Waals surface area contributed by atoms with Gasteiger partial charge in [0.1, 0.15) is 0 Å². The lowest BCUT2D eigenvalue weighted by atomic mass is 10.0. The Kier molecular flexibility index (Phi) is 2.52. The van der Waals surface area contributed by atoms with E-state index in [0.29, 0.717) is 0 Å². The van der Waals surface area contributed by atoms with E-state index >= 15 is 0 Å². The van der Waals surface area contributed by atoms with Crippen molar-refractivity contribution in [3.8, 4) is 0 Å². The van der Waals surface area contributed by atoms with Crippen LogP contribution in [0.25, 0.3) is 0 Å². The Balaban J connectivity index is 4.01. The maximum Gasteiger partial charge on any atom is 0.280 e. The maximum absolute atomic E-state index is 12.3. The van der Waals surface area contributed by atoms with Gasteiger partial charge in [0.25, 0.3) is 5.92 Å². The van der Waals surface area contributed by atoms with E-state index in [1.165, 1.54) is 13.8 Å². The number of halogens is 3. The van der Waals surface area contributed by atoms with E-state index in [4.69, 9.17) is 0 Å². The van der Waals surface area contributed by atoms with Crippen LogP contribution in [0.2, 0.25) is 0 Å². The monoisotopic (exact) mass is 140 g/mol. The molecule has 0 heterocycles. The summed E-state index contributed by atoms with van der Waals surface area (Å²) in [6.45, 7) is 3.48. The molecule has 0 bridgehead atoms. The standard InChI is InChI=1S/C6H11F3/c1-4(2)6(8,9)5(3)7/h4-5H,1-3H3. The zero-order valence-electron chi connectivity index (χ0n) is 5.79. The van der Waals surface area contributed by atoms with Crippen LogP contribution in [0.5, 0.6) is 0 Å². The minimum absolute atomic E-state index is 0.875. The van der Waals surface area contributed by atoms with Gasteiger partial charge in [-0.25, -0.2) is 13.2 Å². The van der Waals surface area contributed by atoms with Crippen LogP contribution >= 0.6 is 0 Å². The van der Waals surface area contributed by atoms with Gasteiger partial charge < -0.3 is 0 Å². The first kappa shape index (κ1) is 8.79. The van der Waals surface area contributed by atoms with Crippen LogP contribution in [0, 0.1) is 5.92 Å². The van der Waals surface area contributed by atoms with Crippen LogP contribution < -0.4 is 0 Å². The molecule has 0 amide bonds. The van der Waals surface area contributed by atoms with Crippen molar-refractivity contribution in [3.05, 3.63) is 0 Å². The highest BCUT2D eigenvalue weighted by molar-refractivity contribution is 4.75. The zero-order valence-corrected chi connectivity index (χ0v) is 5.79. The molecular formula is C6H11F3. The maximum atomic E-state index is 12.3. The SMILES string of the molecule is CC(C)C(F)(F)C(C)F. The second-order valence-corrected chi connectivity index (χ2v) is 2.45. The lowest BCUT2D eigenvalue weighted by Gasteiger charge is -2.20. The summed E-state index contributed by atoms with van der Waals surface area (Å²) in [6, 6.07) is 0. The molecule has 0 N–H and O–H groups in total. The summed E-state index contributed by atoms with van der Waals surface area (Å²) in [7, 11) is 0. The largest absolute Gasteiger partial charge is 0.280 e.